The molecule has 2 aromatic carbocycles. The number of rotatable bonds is 5. The second-order valence-corrected chi connectivity index (χ2v) is 5.89. The van der Waals surface area contributed by atoms with Crippen molar-refractivity contribution in [3.05, 3.63) is 54.1 Å². The molecule has 2 amide bonds. The highest BCUT2D eigenvalue weighted by Crippen LogP contribution is 2.28. The molecule has 1 aliphatic rings. The molecule has 1 heterocycles. The highest BCUT2D eigenvalue weighted by atomic mass is 16.5. The SMILES string of the molecule is COc1ccc(NC(=O)CN(C)C(=O)C2Cc3ccccc3O2)cc1. The molecule has 6 nitrogen and oxygen atoms in total. The van der Waals surface area contributed by atoms with Crippen molar-refractivity contribution in [2.24, 2.45) is 0 Å². The molecule has 3 rings (SSSR count). The van der Waals surface area contributed by atoms with Crippen LogP contribution in [0.3, 0.4) is 0 Å². The predicted octanol–water partition coefficient (Wildman–Crippen LogP) is 2.10. The van der Waals surface area contributed by atoms with Gasteiger partial charge in [0, 0.05) is 19.2 Å². The Labute approximate surface area is 146 Å². The van der Waals surface area contributed by atoms with Gasteiger partial charge < -0.3 is 19.7 Å². The fourth-order valence-corrected chi connectivity index (χ4v) is 2.73. The van der Waals surface area contributed by atoms with Crippen LogP contribution in [0.2, 0.25) is 0 Å². The summed E-state index contributed by atoms with van der Waals surface area (Å²) in [5.41, 5.74) is 1.66. The maximum atomic E-state index is 12.5. The minimum absolute atomic E-state index is 0.0406. The molecule has 25 heavy (non-hydrogen) atoms. The maximum Gasteiger partial charge on any atom is 0.264 e. The Balaban J connectivity index is 1.53. The van der Waals surface area contributed by atoms with Gasteiger partial charge in [0.1, 0.15) is 11.5 Å². The zero-order valence-electron chi connectivity index (χ0n) is 14.2. The Morgan fingerprint density at radius 3 is 2.60 bits per heavy atom. The second-order valence-electron chi connectivity index (χ2n) is 5.89. The highest BCUT2D eigenvalue weighted by Gasteiger charge is 2.31. The predicted molar refractivity (Wildman–Crippen MR) is 93.8 cm³/mol. The van der Waals surface area contributed by atoms with E-state index < -0.39 is 6.10 Å². The van der Waals surface area contributed by atoms with Crippen molar-refractivity contribution in [1.29, 1.82) is 0 Å². The first kappa shape index (κ1) is 16.8. The zero-order chi connectivity index (χ0) is 17.8. The lowest BCUT2D eigenvalue weighted by atomic mass is 10.1. The second kappa shape index (κ2) is 7.25. The van der Waals surface area contributed by atoms with Crippen LogP contribution >= 0.6 is 0 Å². The van der Waals surface area contributed by atoms with E-state index in [9.17, 15) is 9.59 Å². The Bertz CT molecular complexity index is 748. The monoisotopic (exact) mass is 340 g/mol. The van der Waals surface area contributed by atoms with Gasteiger partial charge >= 0.3 is 0 Å². The van der Waals surface area contributed by atoms with Crippen molar-refractivity contribution in [1.82, 2.24) is 4.90 Å². The van der Waals surface area contributed by atoms with Gasteiger partial charge in [0.25, 0.3) is 5.91 Å². The molecule has 0 saturated heterocycles. The summed E-state index contributed by atoms with van der Waals surface area (Å²) in [4.78, 5) is 26.0. The number of carbonyl (C=O) groups is 2. The topological polar surface area (TPSA) is 67.9 Å². The van der Waals surface area contributed by atoms with Crippen LogP contribution in [0.15, 0.2) is 48.5 Å². The van der Waals surface area contributed by atoms with Gasteiger partial charge in [0.05, 0.1) is 13.7 Å². The quantitative estimate of drug-likeness (QED) is 0.905. The molecule has 0 spiro atoms. The molecule has 0 aliphatic carbocycles. The Morgan fingerprint density at radius 2 is 1.92 bits per heavy atom. The van der Waals surface area contributed by atoms with Gasteiger partial charge in [0.15, 0.2) is 6.10 Å². The van der Waals surface area contributed by atoms with Crippen molar-refractivity contribution in [2.75, 3.05) is 26.0 Å². The normalized spacial score (nSPS) is 15.0. The summed E-state index contributed by atoms with van der Waals surface area (Å²) >= 11 is 0. The van der Waals surface area contributed by atoms with Gasteiger partial charge in [-0.2, -0.15) is 0 Å². The molecule has 6 heteroatoms. The van der Waals surface area contributed by atoms with E-state index in [0.29, 0.717) is 17.9 Å². The lowest BCUT2D eigenvalue weighted by Gasteiger charge is -2.20. The fourth-order valence-electron chi connectivity index (χ4n) is 2.73. The first-order valence-corrected chi connectivity index (χ1v) is 8.00. The standard InChI is InChI=1S/C19H20N2O4/c1-21(12-18(22)20-14-7-9-15(24-2)10-8-14)19(23)17-11-13-5-3-4-6-16(13)25-17/h3-10,17H,11-12H2,1-2H3,(H,20,22). The number of fused-ring (bicyclic) bond motifs is 1. The number of anilines is 1. The average Bonchev–Trinajstić information content (AvgIpc) is 3.05. The van der Waals surface area contributed by atoms with Crippen LogP contribution in [-0.2, 0) is 16.0 Å². The van der Waals surface area contributed by atoms with Crippen molar-refractivity contribution in [3.8, 4) is 11.5 Å². The van der Waals surface area contributed by atoms with Crippen molar-refractivity contribution in [2.45, 2.75) is 12.5 Å². The summed E-state index contributed by atoms with van der Waals surface area (Å²) in [7, 11) is 3.18. The number of amides is 2. The van der Waals surface area contributed by atoms with Crippen molar-refractivity contribution in [3.63, 3.8) is 0 Å². The van der Waals surface area contributed by atoms with Crippen LogP contribution in [0.5, 0.6) is 11.5 Å². The van der Waals surface area contributed by atoms with E-state index in [4.69, 9.17) is 9.47 Å². The Morgan fingerprint density at radius 1 is 1.20 bits per heavy atom. The average molecular weight is 340 g/mol. The number of methoxy groups -OCH3 is 1. The van der Waals surface area contributed by atoms with Crippen LogP contribution in [0.4, 0.5) is 5.69 Å². The molecule has 2 aromatic rings. The molecule has 0 radical (unpaired) electrons. The van der Waals surface area contributed by atoms with Gasteiger partial charge in [-0.15, -0.1) is 0 Å². The number of nitrogens with one attached hydrogen (secondary N) is 1. The first-order chi connectivity index (χ1) is 12.1. The first-order valence-electron chi connectivity index (χ1n) is 8.00. The third-order valence-corrected chi connectivity index (χ3v) is 4.05. The van der Waals surface area contributed by atoms with Crippen LogP contribution in [-0.4, -0.2) is 43.5 Å². The number of ether oxygens (including phenoxy) is 2. The van der Waals surface area contributed by atoms with E-state index in [-0.39, 0.29) is 18.4 Å². The number of benzene rings is 2. The number of likely N-dealkylation sites (N-methyl/N-ethyl adjacent to an activating group) is 1. The zero-order valence-corrected chi connectivity index (χ0v) is 14.2. The fraction of sp³-hybridized carbons (Fsp3) is 0.263. The maximum absolute atomic E-state index is 12.5. The van der Waals surface area contributed by atoms with Crippen molar-refractivity contribution >= 4 is 17.5 Å². The summed E-state index contributed by atoms with van der Waals surface area (Å²) < 4.78 is 10.8. The minimum atomic E-state index is -0.573. The Hall–Kier alpha value is -3.02. The van der Waals surface area contributed by atoms with Gasteiger partial charge in [0.2, 0.25) is 5.91 Å². The summed E-state index contributed by atoms with van der Waals surface area (Å²) in [6, 6.07) is 14.6. The molecule has 0 fully saturated rings. The van der Waals surface area contributed by atoms with E-state index in [0.717, 1.165) is 11.3 Å². The molecule has 0 saturated carbocycles. The molecule has 1 N–H and O–H groups in total. The lowest BCUT2D eigenvalue weighted by molar-refractivity contribution is -0.139. The molecule has 0 aromatic heterocycles. The molecule has 130 valence electrons. The minimum Gasteiger partial charge on any atom is -0.497 e. The van der Waals surface area contributed by atoms with E-state index in [1.807, 2.05) is 24.3 Å². The summed E-state index contributed by atoms with van der Waals surface area (Å²) in [6.45, 7) is -0.0406. The van der Waals surface area contributed by atoms with Gasteiger partial charge in [-0.25, -0.2) is 0 Å². The van der Waals surface area contributed by atoms with Crippen LogP contribution in [0.25, 0.3) is 0 Å². The molecule has 1 aliphatic heterocycles. The van der Waals surface area contributed by atoms with E-state index >= 15 is 0 Å². The summed E-state index contributed by atoms with van der Waals surface area (Å²) in [5, 5.41) is 2.76. The third kappa shape index (κ3) is 3.91. The highest BCUT2D eigenvalue weighted by molar-refractivity contribution is 5.95. The summed E-state index contributed by atoms with van der Waals surface area (Å²) in [6.07, 6.45) is -0.0457. The molecule has 1 atom stereocenters. The Kier molecular flexibility index (Phi) is 4.88. The lowest BCUT2D eigenvalue weighted by Crippen LogP contribution is -2.42. The molecule has 1 unspecified atom stereocenters. The largest absolute Gasteiger partial charge is 0.497 e. The van der Waals surface area contributed by atoms with E-state index in [1.54, 1.807) is 38.4 Å². The summed E-state index contributed by atoms with van der Waals surface area (Å²) in [5.74, 6) is 0.970. The van der Waals surface area contributed by atoms with E-state index in [2.05, 4.69) is 5.32 Å². The number of carbonyl (C=O) groups excluding carboxylic acids is 2. The van der Waals surface area contributed by atoms with Gasteiger partial charge in [-0.3, -0.25) is 9.59 Å². The van der Waals surface area contributed by atoms with Gasteiger partial charge in [-0.1, -0.05) is 18.2 Å². The van der Waals surface area contributed by atoms with Crippen LogP contribution in [0, 0.1) is 0 Å². The third-order valence-electron chi connectivity index (χ3n) is 4.05. The molecule has 0 bridgehead atoms. The van der Waals surface area contributed by atoms with E-state index in [1.165, 1.54) is 4.90 Å². The van der Waals surface area contributed by atoms with Gasteiger partial charge in [-0.05, 0) is 35.9 Å². The molecular formula is C19H20N2O4. The number of para-hydroxylation sites is 1. The van der Waals surface area contributed by atoms with Crippen LogP contribution in [0.1, 0.15) is 5.56 Å². The number of hydrogen-bond acceptors (Lipinski definition) is 4. The number of nitrogens with zero attached hydrogens (tertiary/aromatic N) is 1. The number of hydrogen-bond donors (Lipinski definition) is 1. The molecular weight excluding hydrogens is 320 g/mol. The van der Waals surface area contributed by atoms with Crippen molar-refractivity contribution < 1.29 is 19.1 Å². The van der Waals surface area contributed by atoms with Crippen LogP contribution < -0.4 is 14.8 Å². The smallest absolute Gasteiger partial charge is 0.264 e.